The molecule has 140 valence electrons. The lowest BCUT2D eigenvalue weighted by Crippen LogP contribution is -2.25. The van der Waals surface area contributed by atoms with E-state index in [1.165, 1.54) is 11.1 Å². The van der Waals surface area contributed by atoms with Crippen molar-refractivity contribution in [1.29, 1.82) is 0 Å². The van der Waals surface area contributed by atoms with Crippen LogP contribution in [-0.2, 0) is 6.42 Å². The van der Waals surface area contributed by atoms with E-state index in [0.717, 1.165) is 40.6 Å². The Bertz CT molecular complexity index is 1280. The molecule has 1 aliphatic carbocycles. The van der Waals surface area contributed by atoms with Crippen molar-refractivity contribution in [3.63, 3.8) is 0 Å². The monoisotopic (exact) mass is 390 g/mol. The lowest BCUT2D eigenvalue weighted by atomic mass is 9.92. The highest BCUT2D eigenvalue weighted by Gasteiger charge is 2.20. The Labute approximate surface area is 166 Å². The van der Waals surface area contributed by atoms with E-state index in [2.05, 4.69) is 34.4 Å². The second-order valence-electron chi connectivity index (χ2n) is 7.20. The Morgan fingerprint density at radius 3 is 2.93 bits per heavy atom. The van der Waals surface area contributed by atoms with Gasteiger partial charge in [0, 0.05) is 53.7 Å². The molecule has 6 heteroatoms. The number of H-pyrrole nitrogens is 1. The standard InChI is InChI=1S/C22H19ClN4O/c1-13-8-16(10-19-22(13)17-4-6-24-12-20(17)26-19)27-7-5-14(9-21(27)28)18-3-2-15(23)11-25-18/h2-3,5,7-13,24,26H,4,6H2,1H3. The molecular formula is C22H19ClN4O. The minimum atomic E-state index is -0.0862. The molecule has 1 aliphatic heterocycles. The molecule has 1 unspecified atom stereocenters. The molecule has 0 fully saturated rings. The van der Waals surface area contributed by atoms with Crippen molar-refractivity contribution >= 4 is 29.6 Å². The molecule has 0 radical (unpaired) electrons. The van der Waals surface area contributed by atoms with Crippen LogP contribution < -0.4 is 21.6 Å². The smallest absolute Gasteiger partial charge is 0.255 e. The van der Waals surface area contributed by atoms with Crippen LogP contribution in [0, 0.1) is 0 Å². The van der Waals surface area contributed by atoms with Crippen LogP contribution >= 0.6 is 11.6 Å². The third-order valence-corrected chi connectivity index (χ3v) is 5.59. The molecule has 0 amide bonds. The van der Waals surface area contributed by atoms with Crippen LogP contribution in [0.1, 0.15) is 24.0 Å². The van der Waals surface area contributed by atoms with E-state index in [9.17, 15) is 4.79 Å². The number of allylic oxidation sites excluding steroid dienone is 2. The summed E-state index contributed by atoms with van der Waals surface area (Å²) in [5.74, 6) is 0.242. The van der Waals surface area contributed by atoms with Crippen molar-refractivity contribution in [3.8, 4) is 11.3 Å². The molecule has 1 atom stereocenters. The van der Waals surface area contributed by atoms with Gasteiger partial charge in [0.15, 0.2) is 0 Å². The number of halogens is 1. The summed E-state index contributed by atoms with van der Waals surface area (Å²) in [6.45, 7) is 3.14. The van der Waals surface area contributed by atoms with E-state index in [-0.39, 0.29) is 11.5 Å². The fraction of sp³-hybridized carbons (Fsp3) is 0.182. The van der Waals surface area contributed by atoms with E-state index in [4.69, 9.17) is 11.6 Å². The number of hydrogen-bond acceptors (Lipinski definition) is 3. The van der Waals surface area contributed by atoms with Gasteiger partial charge in [-0.05, 0) is 41.8 Å². The average Bonchev–Trinajstić information content (AvgIpc) is 3.07. The van der Waals surface area contributed by atoms with Crippen molar-refractivity contribution in [1.82, 2.24) is 19.9 Å². The fourth-order valence-corrected chi connectivity index (χ4v) is 4.19. The number of nitrogens with zero attached hydrogens (tertiary/aromatic N) is 2. The third-order valence-electron chi connectivity index (χ3n) is 5.36. The average molecular weight is 391 g/mol. The summed E-state index contributed by atoms with van der Waals surface area (Å²) in [7, 11) is 0. The molecule has 5 rings (SSSR count). The minimum Gasteiger partial charge on any atom is -0.389 e. The number of hydrogen-bond donors (Lipinski definition) is 2. The number of nitrogens with one attached hydrogen (secondary N) is 2. The van der Waals surface area contributed by atoms with Crippen molar-refractivity contribution in [3.05, 3.63) is 79.9 Å². The summed E-state index contributed by atoms with van der Waals surface area (Å²) >= 11 is 5.90. The zero-order chi connectivity index (χ0) is 19.3. The molecule has 0 bridgehead atoms. The van der Waals surface area contributed by atoms with E-state index < -0.39 is 0 Å². The van der Waals surface area contributed by atoms with Gasteiger partial charge in [-0.15, -0.1) is 0 Å². The van der Waals surface area contributed by atoms with E-state index >= 15 is 0 Å². The number of aromatic nitrogens is 3. The van der Waals surface area contributed by atoms with Crippen LogP contribution in [0.4, 0.5) is 0 Å². The maximum atomic E-state index is 12.8. The second kappa shape index (κ2) is 6.53. The Morgan fingerprint density at radius 2 is 2.14 bits per heavy atom. The van der Waals surface area contributed by atoms with Gasteiger partial charge >= 0.3 is 0 Å². The van der Waals surface area contributed by atoms with Gasteiger partial charge in [-0.25, -0.2) is 0 Å². The molecule has 2 aliphatic rings. The predicted octanol–water partition coefficient (Wildman–Crippen LogP) is 2.21. The first-order valence-corrected chi connectivity index (χ1v) is 9.71. The number of pyridine rings is 2. The normalized spacial score (nSPS) is 17.5. The first-order valence-electron chi connectivity index (χ1n) is 9.33. The summed E-state index contributed by atoms with van der Waals surface area (Å²) in [5.41, 5.74) is 5.02. The molecule has 0 saturated carbocycles. The molecule has 28 heavy (non-hydrogen) atoms. The SMILES string of the molecule is CC1C=C(n2ccc(-c3ccc(Cl)cn3)cc2=O)C=c2[nH]c3c(c21)CCNC=3. The van der Waals surface area contributed by atoms with E-state index in [0.29, 0.717) is 5.02 Å². The Balaban J connectivity index is 1.58. The first kappa shape index (κ1) is 17.1. The summed E-state index contributed by atoms with van der Waals surface area (Å²) in [6.07, 6.45) is 10.7. The summed E-state index contributed by atoms with van der Waals surface area (Å²) in [4.78, 5) is 20.6. The van der Waals surface area contributed by atoms with E-state index in [1.54, 1.807) is 22.9 Å². The summed E-state index contributed by atoms with van der Waals surface area (Å²) < 4.78 is 1.68. The van der Waals surface area contributed by atoms with Gasteiger partial charge in [-0.3, -0.25) is 14.3 Å². The van der Waals surface area contributed by atoms with Crippen LogP contribution in [0.5, 0.6) is 0 Å². The molecule has 2 N–H and O–H groups in total. The van der Waals surface area contributed by atoms with Crippen molar-refractivity contribution in [2.45, 2.75) is 19.3 Å². The summed E-state index contributed by atoms with van der Waals surface area (Å²) in [6, 6.07) is 7.11. The lowest BCUT2D eigenvalue weighted by molar-refractivity contribution is 0.811. The molecule has 0 spiro atoms. The molecule has 3 aromatic heterocycles. The van der Waals surface area contributed by atoms with Gasteiger partial charge in [0.25, 0.3) is 5.56 Å². The Hall–Kier alpha value is -3.05. The van der Waals surface area contributed by atoms with Crippen molar-refractivity contribution < 1.29 is 0 Å². The van der Waals surface area contributed by atoms with Gasteiger partial charge in [-0.1, -0.05) is 24.6 Å². The van der Waals surface area contributed by atoms with E-state index in [1.807, 2.05) is 24.5 Å². The van der Waals surface area contributed by atoms with Gasteiger partial charge in [0.05, 0.1) is 16.1 Å². The van der Waals surface area contributed by atoms with Crippen molar-refractivity contribution in [2.75, 3.05) is 6.54 Å². The zero-order valence-electron chi connectivity index (χ0n) is 15.4. The van der Waals surface area contributed by atoms with Gasteiger partial charge in [0.2, 0.25) is 0 Å². The number of rotatable bonds is 2. The van der Waals surface area contributed by atoms with Gasteiger partial charge < -0.3 is 10.3 Å². The molecule has 0 aromatic carbocycles. The zero-order valence-corrected chi connectivity index (χ0v) is 16.1. The van der Waals surface area contributed by atoms with Gasteiger partial charge in [0.1, 0.15) is 0 Å². The Kier molecular flexibility index (Phi) is 3.98. The Morgan fingerprint density at radius 1 is 1.25 bits per heavy atom. The molecule has 4 heterocycles. The van der Waals surface area contributed by atoms with Crippen LogP contribution in [0.25, 0.3) is 29.2 Å². The fourth-order valence-electron chi connectivity index (χ4n) is 4.08. The number of aromatic amines is 1. The second-order valence-corrected chi connectivity index (χ2v) is 7.64. The summed E-state index contributed by atoms with van der Waals surface area (Å²) in [5, 5.41) is 6.09. The quantitative estimate of drug-likeness (QED) is 0.705. The molecule has 3 aromatic rings. The highest BCUT2D eigenvalue weighted by atomic mass is 35.5. The third kappa shape index (κ3) is 2.79. The molecule has 5 nitrogen and oxygen atoms in total. The first-order chi connectivity index (χ1) is 13.6. The largest absolute Gasteiger partial charge is 0.389 e. The molecule has 0 saturated heterocycles. The highest BCUT2D eigenvalue weighted by molar-refractivity contribution is 6.30. The van der Waals surface area contributed by atoms with Crippen LogP contribution in [0.3, 0.4) is 0 Å². The van der Waals surface area contributed by atoms with Crippen LogP contribution in [0.2, 0.25) is 5.02 Å². The van der Waals surface area contributed by atoms with Gasteiger partial charge in [-0.2, -0.15) is 0 Å². The minimum absolute atomic E-state index is 0.0862. The highest BCUT2D eigenvalue weighted by Crippen LogP contribution is 2.24. The topological polar surface area (TPSA) is 62.7 Å². The van der Waals surface area contributed by atoms with Crippen LogP contribution in [0.15, 0.2) is 47.5 Å². The number of fused-ring (bicyclic) bond motifs is 3. The predicted molar refractivity (Wildman–Crippen MR) is 112 cm³/mol. The maximum absolute atomic E-state index is 12.8. The van der Waals surface area contributed by atoms with Crippen molar-refractivity contribution in [2.24, 2.45) is 0 Å². The maximum Gasteiger partial charge on any atom is 0.255 e. The van der Waals surface area contributed by atoms with Crippen LogP contribution in [-0.4, -0.2) is 21.1 Å². The lowest BCUT2D eigenvalue weighted by Gasteiger charge is -2.18. The molecular weight excluding hydrogens is 372 g/mol.